The third-order valence-corrected chi connectivity index (χ3v) is 5.14. The fourth-order valence-electron chi connectivity index (χ4n) is 3.66. The van der Waals surface area contributed by atoms with E-state index in [4.69, 9.17) is 9.47 Å². The van der Waals surface area contributed by atoms with Crippen LogP contribution in [0.4, 0.5) is 5.69 Å². The summed E-state index contributed by atoms with van der Waals surface area (Å²) in [4.78, 5) is 0. The van der Waals surface area contributed by atoms with Crippen molar-refractivity contribution in [2.24, 2.45) is 0 Å². The number of rotatable bonds is 4. The average Bonchev–Trinajstić information content (AvgIpc) is 2.64. The van der Waals surface area contributed by atoms with Gasteiger partial charge in [-0.25, -0.2) is 0 Å². The van der Waals surface area contributed by atoms with Crippen LogP contribution in [0.15, 0.2) is 42.5 Å². The Morgan fingerprint density at radius 2 is 2.00 bits per heavy atom. The van der Waals surface area contributed by atoms with E-state index in [9.17, 15) is 5.11 Å². The van der Waals surface area contributed by atoms with Gasteiger partial charge in [-0.1, -0.05) is 30.3 Å². The Morgan fingerprint density at radius 1 is 1.19 bits per heavy atom. The van der Waals surface area contributed by atoms with Gasteiger partial charge in [0, 0.05) is 18.2 Å². The van der Waals surface area contributed by atoms with Crippen molar-refractivity contribution < 1.29 is 14.6 Å². The third-order valence-electron chi connectivity index (χ3n) is 5.14. The molecule has 0 saturated heterocycles. The van der Waals surface area contributed by atoms with E-state index in [-0.39, 0.29) is 6.04 Å². The molecule has 0 saturated carbocycles. The lowest BCUT2D eigenvalue weighted by Crippen LogP contribution is -2.52. The molecule has 2 aromatic carbocycles. The molecule has 0 aromatic heterocycles. The van der Waals surface area contributed by atoms with E-state index in [1.165, 1.54) is 5.56 Å². The van der Waals surface area contributed by atoms with E-state index in [2.05, 4.69) is 22.8 Å². The van der Waals surface area contributed by atoms with Crippen LogP contribution < -0.4 is 20.1 Å². The first-order valence-electron chi connectivity index (χ1n) is 9.23. The number of fused-ring (bicyclic) bond motifs is 2. The highest BCUT2D eigenvalue weighted by atomic mass is 16.5. The molecule has 5 nitrogen and oxygen atoms in total. The van der Waals surface area contributed by atoms with Crippen molar-refractivity contribution in [2.45, 2.75) is 38.0 Å². The number of ether oxygens (including phenoxy) is 2. The van der Waals surface area contributed by atoms with Crippen molar-refractivity contribution in [3.05, 3.63) is 53.6 Å². The molecule has 0 bridgehead atoms. The van der Waals surface area contributed by atoms with Crippen molar-refractivity contribution in [1.29, 1.82) is 0 Å². The Balaban J connectivity index is 1.58. The maximum atomic E-state index is 10.9. The Morgan fingerprint density at radius 3 is 2.81 bits per heavy atom. The standard InChI is InChI=1S/C21H26N2O3/c1-21(2)20(24)19(23-9-8-14-6-4-3-5-7-14)15-12-18-16(13-17(15)26-21)22-10-11-25-18/h3-7,12-13,19-20,22-24H,8-11H2,1-2H3. The van der Waals surface area contributed by atoms with Gasteiger partial charge in [0.2, 0.25) is 0 Å². The molecule has 0 spiro atoms. The van der Waals surface area contributed by atoms with Gasteiger partial charge in [-0.2, -0.15) is 0 Å². The molecule has 2 aliphatic heterocycles. The number of hydrogen-bond acceptors (Lipinski definition) is 5. The summed E-state index contributed by atoms with van der Waals surface area (Å²) in [6, 6.07) is 14.1. The second-order valence-electron chi connectivity index (χ2n) is 7.48. The van der Waals surface area contributed by atoms with Crippen molar-refractivity contribution in [3.8, 4) is 11.5 Å². The number of anilines is 1. The number of nitrogens with one attached hydrogen (secondary N) is 2. The van der Waals surface area contributed by atoms with Gasteiger partial charge in [0.25, 0.3) is 0 Å². The van der Waals surface area contributed by atoms with Gasteiger partial charge in [0.15, 0.2) is 0 Å². The SMILES string of the molecule is CC1(C)Oc2cc3c(cc2C(NCCc2ccccc2)C1O)OCCN3. The summed E-state index contributed by atoms with van der Waals surface area (Å²) >= 11 is 0. The van der Waals surface area contributed by atoms with Gasteiger partial charge < -0.3 is 25.2 Å². The van der Waals surface area contributed by atoms with E-state index in [0.29, 0.717) is 6.61 Å². The zero-order valence-electron chi connectivity index (χ0n) is 15.3. The minimum atomic E-state index is -0.666. The predicted molar refractivity (Wildman–Crippen MR) is 102 cm³/mol. The quantitative estimate of drug-likeness (QED) is 0.788. The van der Waals surface area contributed by atoms with E-state index < -0.39 is 11.7 Å². The highest BCUT2D eigenvalue weighted by Crippen LogP contribution is 2.44. The zero-order valence-corrected chi connectivity index (χ0v) is 15.3. The number of hydrogen-bond donors (Lipinski definition) is 3. The van der Waals surface area contributed by atoms with Gasteiger partial charge in [-0.3, -0.25) is 0 Å². The van der Waals surface area contributed by atoms with Gasteiger partial charge >= 0.3 is 0 Å². The summed E-state index contributed by atoms with van der Waals surface area (Å²) in [5, 5.41) is 17.8. The molecule has 0 radical (unpaired) electrons. The van der Waals surface area contributed by atoms with Gasteiger partial charge in [0.1, 0.15) is 29.8 Å². The molecule has 2 atom stereocenters. The maximum absolute atomic E-state index is 10.9. The van der Waals surface area contributed by atoms with Crippen LogP contribution in [0.25, 0.3) is 0 Å². The lowest BCUT2D eigenvalue weighted by atomic mass is 9.86. The van der Waals surface area contributed by atoms with Crippen LogP contribution in [0, 0.1) is 0 Å². The van der Waals surface area contributed by atoms with Crippen LogP contribution in [-0.2, 0) is 6.42 Å². The molecule has 2 aliphatic rings. The molecule has 3 N–H and O–H groups in total. The summed E-state index contributed by atoms with van der Waals surface area (Å²) < 4.78 is 11.9. The molecular weight excluding hydrogens is 328 g/mol. The van der Waals surface area contributed by atoms with Crippen LogP contribution in [-0.4, -0.2) is 36.5 Å². The average molecular weight is 354 g/mol. The molecule has 2 unspecified atom stereocenters. The highest BCUT2D eigenvalue weighted by Gasteiger charge is 2.43. The summed E-state index contributed by atoms with van der Waals surface area (Å²) in [7, 11) is 0. The molecule has 26 heavy (non-hydrogen) atoms. The zero-order chi connectivity index (χ0) is 18.1. The number of aliphatic hydroxyl groups is 1. The molecule has 5 heteroatoms. The second-order valence-corrected chi connectivity index (χ2v) is 7.48. The molecule has 2 aromatic rings. The minimum absolute atomic E-state index is 0.201. The smallest absolute Gasteiger partial charge is 0.143 e. The monoisotopic (exact) mass is 354 g/mol. The van der Waals surface area contributed by atoms with Gasteiger partial charge in [-0.15, -0.1) is 0 Å². The highest BCUT2D eigenvalue weighted by molar-refractivity contribution is 5.64. The van der Waals surface area contributed by atoms with Crippen LogP contribution in [0.2, 0.25) is 0 Å². The molecule has 2 heterocycles. The maximum Gasteiger partial charge on any atom is 0.143 e. The van der Waals surface area contributed by atoms with Crippen molar-refractivity contribution in [1.82, 2.24) is 5.32 Å². The van der Waals surface area contributed by atoms with Crippen LogP contribution in [0.3, 0.4) is 0 Å². The van der Waals surface area contributed by atoms with Crippen molar-refractivity contribution in [2.75, 3.05) is 25.0 Å². The minimum Gasteiger partial charge on any atom is -0.490 e. The molecular formula is C21H26N2O3. The fourth-order valence-corrected chi connectivity index (χ4v) is 3.66. The molecule has 0 aliphatic carbocycles. The Kier molecular flexibility index (Phi) is 4.51. The van der Waals surface area contributed by atoms with Gasteiger partial charge in [-0.05, 0) is 38.4 Å². The van der Waals surface area contributed by atoms with Crippen LogP contribution >= 0.6 is 0 Å². The first kappa shape index (κ1) is 17.2. The Hall–Kier alpha value is -2.24. The third kappa shape index (κ3) is 3.24. The normalized spacial score (nSPS) is 23.0. The Labute approximate surface area is 154 Å². The predicted octanol–water partition coefficient (Wildman–Crippen LogP) is 2.90. The fraction of sp³-hybridized carbons (Fsp3) is 0.429. The summed E-state index contributed by atoms with van der Waals surface area (Å²) in [6.45, 7) is 6.06. The molecule has 138 valence electrons. The van der Waals surface area contributed by atoms with Crippen molar-refractivity contribution >= 4 is 5.69 Å². The summed E-state index contributed by atoms with van der Waals surface area (Å²) in [5.41, 5.74) is 2.51. The number of benzene rings is 2. The van der Waals surface area contributed by atoms with E-state index >= 15 is 0 Å². The summed E-state index contributed by atoms with van der Waals surface area (Å²) in [5.74, 6) is 1.62. The molecule has 0 amide bonds. The largest absolute Gasteiger partial charge is 0.490 e. The van der Waals surface area contributed by atoms with Crippen LogP contribution in [0.1, 0.15) is 31.0 Å². The van der Waals surface area contributed by atoms with Crippen LogP contribution in [0.5, 0.6) is 11.5 Å². The topological polar surface area (TPSA) is 62.8 Å². The van der Waals surface area contributed by atoms with Gasteiger partial charge in [0.05, 0.1) is 11.7 Å². The Bertz CT molecular complexity index is 776. The number of aliphatic hydroxyl groups excluding tert-OH is 1. The van der Waals surface area contributed by atoms with E-state index in [1.54, 1.807) is 0 Å². The lowest BCUT2D eigenvalue weighted by Gasteiger charge is -2.43. The van der Waals surface area contributed by atoms with E-state index in [0.717, 1.165) is 42.3 Å². The van der Waals surface area contributed by atoms with Crippen molar-refractivity contribution in [3.63, 3.8) is 0 Å². The lowest BCUT2D eigenvalue weighted by molar-refractivity contribution is -0.0644. The second kappa shape index (κ2) is 6.82. The first-order chi connectivity index (χ1) is 12.5. The summed E-state index contributed by atoms with van der Waals surface area (Å²) in [6.07, 6.45) is 0.254. The first-order valence-corrected chi connectivity index (χ1v) is 9.23. The molecule has 0 fully saturated rings. The van der Waals surface area contributed by atoms with E-state index in [1.807, 2.05) is 44.2 Å². The molecule has 4 rings (SSSR count).